The summed E-state index contributed by atoms with van der Waals surface area (Å²) < 4.78 is 40.4. The van der Waals surface area contributed by atoms with Gasteiger partial charge in [-0.05, 0) is 42.7 Å². The SMILES string of the molecule is O=C(O)NS(=O)(=O)N1CCC(c2cc3c(-c4cncc(NCc5cccc(F)c5)n4)ccnc3[nH]2)CC1. The topological polar surface area (TPSA) is 153 Å². The number of piperidine rings is 1. The number of hydrogen-bond donors (Lipinski definition) is 4. The van der Waals surface area contributed by atoms with Gasteiger partial charge < -0.3 is 15.4 Å². The van der Waals surface area contributed by atoms with Crippen molar-refractivity contribution in [2.45, 2.75) is 25.3 Å². The zero-order chi connectivity index (χ0) is 26.0. The van der Waals surface area contributed by atoms with E-state index in [-0.39, 0.29) is 24.8 Å². The first-order valence-electron chi connectivity index (χ1n) is 11.6. The lowest BCUT2D eigenvalue weighted by atomic mass is 9.94. The minimum Gasteiger partial charge on any atom is -0.464 e. The number of hydrogen-bond acceptors (Lipinski definition) is 7. The summed E-state index contributed by atoms with van der Waals surface area (Å²) in [6.45, 7) is 0.799. The molecule has 5 rings (SSSR count). The quantitative estimate of drug-likeness (QED) is 0.286. The molecule has 192 valence electrons. The molecule has 37 heavy (non-hydrogen) atoms. The summed E-state index contributed by atoms with van der Waals surface area (Å²) in [4.78, 5) is 27.5. The van der Waals surface area contributed by atoms with E-state index in [1.54, 1.807) is 29.4 Å². The van der Waals surface area contributed by atoms with E-state index < -0.39 is 16.3 Å². The van der Waals surface area contributed by atoms with Crippen LogP contribution in [0.1, 0.15) is 30.0 Å². The number of carboxylic acid groups (broad SMARTS) is 1. The molecule has 0 saturated carbocycles. The number of amides is 1. The van der Waals surface area contributed by atoms with E-state index in [9.17, 15) is 17.6 Å². The minimum atomic E-state index is -4.06. The van der Waals surface area contributed by atoms with Crippen LogP contribution in [0.3, 0.4) is 0 Å². The molecule has 1 fully saturated rings. The number of halogens is 1. The molecule has 11 nitrogen and oxygen atoms in total. The monoisotopic (exact) mass is 525 g/mol. The normalized spacial score (nSPS) is 15.1. The van der Waals surface area contributed by atoms with Crippen molar-refractivity contribution in [2.24, 2.45) is 0 Å². The van der Waals surface area contributed by atoms with Gasteiger partial charge in [-0.15, -0.1) is 0 Å². The summed E-state index contributed by atoms with van der Waals surface area (Å²) in [5, 5.41) is 12.8. The van der Waals surface area contributed by atoms with Crippen molar-refractivity contribution >= 4 is 33.2 Å². The van der Waals surface area contributed by atoms with Crippen molar-refractivity contribution in [1.82, 2.24) is 29.0 Å². The van der Waals surface area contributed by atoms with Crippen LogP contribution in [0, 0.1) is 5.82 Å². The molecule has 1 aliphatic rings. The van der Waals surface area contributed by atoms with Crippen LogP contribution in [0.5, 0.6) is 0 Å². The lowest BCUT2D eigenvalue weighted by molar-refractivity contribution is 0.199. The zero-order valence-electron chi connectivity index (χ0n) is 19.6. The van der Waals surface area contributed by atoms with Gasteiger partial charge in [0.05, 0.1) is 18.1 Å². The molecule has 0 spiro atoms. The fourth-order valence-corrected chi connectivity index (χ4v) is 5.53. The number of H-pyrrole nitrogens is 1. The molecule has 0 unspecified atom stereocenters. The molecule has 0 radical (unpaired) electrons. The van der Waals surface area contributed by atoms with Crippen LogP contribution in [0.2, 0.25) is 0 Å². The molecule has 1 amide bonds. The second-order valence-electron chi connectivity index (χ2n) is 8.70. The van der Waals surface area contributed by atoms with E-state index in [2.05, 4.69) is 25.3 Å². The molecule has 0 atom stereocenters. The Bertz CT molecular complexity index is 1550. The number of nitrogens with zero attached hydrogens (tertiary/aromatic N) is 4. The van der Waals surface area contributed by atoms with E-state index in [1.807, 2.05) is 18.2 Å². The minimum absolute atomic E-state index is 0.0590. The van der Waals surface area contributed by atoms with Crippen molar-refractivity contribution in [3.8, 4) is 11.3 Å². The van der Waals surface area contributed by atoms with Gasteiger partial charge in [0, 0.05) is 48.4 Å². The highest BCUT2D eigenvalue weighted by atomic mass is 32.2. The molecule has 1 aromatic carbocycles. The molecule has 1 aliphatic heterocycles. The Balaban J connectivity index is 1.33. The molecular weight excluding hydrogens is 501 g/mol. The van der Waals surface area contributed by atoms with Gasteiger partial charge in [-0.25, -0.2) is 23.9 Å². The zero-order valence-corrected chi connectivity index (χ0v) is 20.4. The van der Waals surface area contributed by atoms with Gasteiger partial charge in [-0.1, -0.05) is 12.1 Å². The van der Waals surface area contributed by atoms with Gasteiger partial charge in [0.2, 0.25) is 0 Å². The first-order valence-corrected chi connectivity index (χ1v) is 13.0. The highest BCUT2D eigenvalue weighted by molar-refractivity contribution is 7.87. The fraction of sp³-hybridized carbons (Fsp3) is 0.250. The third-order valence-electron chi connectivity index (χ3n) is 6.28. The molecule has 0 aliphatic carbocycles. The van der Waals surface area contributed by atoms with Gasteiger partial charge in [-0.3, -0.25) is 4.98 Å². The molecule has 4 N–H and O–H groups in total. The van der Waals surface area contributed by atoms with E-state index in [0.29, 0.717) is 36.5 Å². The Labute approximate surface area is 212 Å². The highest BCUT2D eigenvalue weighted by Crippen LogP contribution is 2.33. The van der Waals surface area contributed by atoms with Crippen molar-refractivity contribution < 1.29 is 22.7 Å². The molecular formula is C24H24FN7O4S. The maximum atomic E-state index is 13.5. The van der Waals surface area contributed by atoms with Crippen LogP contribution in [-0.4, -0.2) is 56.9 Å². The van der Waals surface area contributed by atoms with Gasteiger partial charge in [0.1, 0.15) is 17.3 Å². The molecule has 3 aromatic heterocycles. The van der Waals surface area contributed by atoms with E-state index in [0.717, 1.165) is 26.5 Å². The van der Waals surface area contributed by atoms with Crippen LogP contribution in [0.15, 0.2) is 55.0 Å². The maximum absolute atomic E-state index is 13.5. The van der Waals surface area contributed by atoms with Crippen molar-refractivity contribution in [1.29, 1.82) is 0 Å². The highest BCUT2D eigenvalue weighted by Gasteiger charge is 2.30. The van der Waals surface area contributed by atoms with Crippen LogP contribution in [0.25, 0.3) is 22.3 Å². The number of benzene rings is 1. The van der Waals surface area contributed by atoms with E-state index in [4.69, 9.17) is 5.11 Å². The number of carbonyl (C=O) groups is 1. The number of aromatic amines is 1. The number of anilines is 1. The smallest absolute Gasteiger partial charge is 0.419 e. The van der Waals surface area contributed by atoms with Crippen molar-refractivity contribution in [3.05, 3.63) is 72.1 Å². The summed E-state index contributed by atoms with van der Waals surface area (Å²) in [5.41, 5.74) is 3.86. The summed E-state index contributed by atoms with van der Waals surface area (Å²) in [6.07, 6.45) is 4.40. The fourth-order valence-electron chi connectivity index (χ4n) is 4.49. The maximum Gasteiger partial charge on any atom is 0.419 e. The molecule has 0 bridgehead atoms. The molecule has 4 aromatic rings. The first kappa shape index (κ1) is 24.6. The Hall–Kier alpha value is -4.10. The second-order valence-corrected chi connectivity index (χ2v) is 10.4. The van der Waals surface area contributed by atoms with Crippen LogP contribution < -0.4 is 10.0 Å². The number of fused-ring (bicyclic) bond motifs is 1. The number of aromatic nitrogens is 4. The number of nitrogens with one attached hydrogen (secondary N) is 3. The average molecular weight is 526 g/mol. The lowest BCUT2D eigenvalue weighted by Gasteiger charge is -2.30. The number of rotatable bonds is 7. The van der Waals surface area contributed by atoms with Crippen LogP contribution in [-0.2, 0) is 16.8 Å². The van der Waals surface area contributed by atoms with Crippen molar-refractivity contribution in [2.75, 3.05) is 18.4 Å². The van der Waals surface area contributed by atoms with Gasteiger partial charge in [0.15, 0.2) is 0 Å². The number of pyridine rings is 1. The summed E-state index contributed by atoms with van der Waals surface area (Å²) in [7, 11) is -4.06. The third-order valence-corrected chi connectivity index (χ3v) is 7.75. The van der Waals surface area contributed by atoms with Crippen LogP contribution in [0.4, 0.5) is 15.0 Å². The van der Waals surface area contributed by atoms with Gasteiger partial charge in [0.25, 0.3) is 0 Å². The molecule has 1 saturated heterocycles. The Morgan fingerprint density at radius 2 is 2.00 bits per heavy atom. The van der Waals surface area contributed by atoms with Crippen LogP contribution >= 0.6 is 0 Å². The lowest BCUT2D eigenvalue weighted by Crippen LogP contribution is -2.46. The summed E-state index contributed by atoms with van der Waals surface area (Å²) in [5.74, 6) is 0.306. The summed E-state index contributed by atoms with van der Waals surface area (Å²) in [6, 6.07) is 10.2. The van der Waals surface area contributed by atoms with Gasteiger partial charge >= 0.3 is 16.3 Å². The Kier molecular flexibility index (Phi) is 6.72. The van der Waals surface area contributed by atoms with E-state index in [1.165, 1.54) is 12.1 Å². The Morgan fingerprint density at radius 3 is 2.76 bits per heavy atom. The van der Waals surface area contributed by atoms with Crippen molar-refractivity contribution in [3.63, 3.8) is 0 Å². The van der Waals surface area contributed by atoms with E-state index >= 15 is 0 Å². The predicted molar refractivity (Wildman–Crippen MR) is 134 cm³/mol. The molecule has 13 heteroatoms. The predicted octanol–water partition coefficient (Wildman–Crippen LogP) is 3.46. The van der Waals surface area contributed by atoms with Gasteiger partial charge in [-0.2, -0.15) is 12.7 Å². The first-order chi connectivity index (χ1) is 17.8. The third kappa shape index (κ3) is 5.52. The standard InChI is InChI=1S/C24H24FN7O4S/c25-17-3-1-2-15(10-17)12-28-22-14-26-13-21(29-22)18-4-7-27-23-19(18)11-20(30-23)16-5-8-32(9-6-16)37(35,36)31-24(33)34/h1-4,7,10-11,13-14,16,31H,5-6,8-9,12H2,(H,27,30)(H,28,29)(H,33,34). The summed E-state index contributed by atoms with van der Waals surface area (Å²) >= 11 is 0. The Morgan fingerprint density at radius 1 is 1.19 bits per heavy atom. The molecule has 4 heterocycles. The average Bonchev–Trinajstić information content (AvgIpc) is 3.32. The second kappa shape index (κ2) is 10.1. The largest absolute Gasteiger partial charge is 0.464 e.